The highest BCUT2D eigenvalue weighted by molar-refractivity contribution is 6.29. The van der Waals surface area contributed by atoms with Gasteiger partial charge in [-0.15, -0.1) is 0 Å². The zero-order valence-corrected chi connectivity index (χ0v) is 10.1. The van der Waals surface area contributed by atoms with Crippen molar-refractivity contribution < 1.29 is 13.2 Å². The molecule has 0 amide bonds. The quantitative estimate of drug-likeness (QED) is 0.787. The molecule has 2 heterocycles. The van der Waals surface area contributed by atoms with E-state index >= 15 is 0 Å². The van der Waals surface area contributed by atoms with Crippen molar-refractivity contribution in [2.75, 3.05) is 0 Å². The Kier molecular flexibility index (Phi) is 3.30. The summed E-state index contributed by atoms with van der Waals surface area (Å²) in [5.74, 6) is 0.719. The molecular formula is C11H9ClF3N3. The van der Waals surface area contributed by atoms with Crippen molar-refractivity contribution >= 4 is 11.6 Å². The van der Waals surface area contributed by atoms with Gasteiger partial charge in [-0.2, -0.15) is 13.2 Å². The molecule has 0 unspecified atom stereocenters. The van der Waals surface area contributed by atoms with Gasteiger partial charge >= 0.3 is 6.18 Å². The Morgan fingerprint density at radius 2 is 2.06 bits per heavy atom. The second-order valence-corrected chi connectivity index (χ2v) is 4.17. The first-order valence-electron chi connectivity index (χ1n) is 5.07. The lowest BCUT2D eigenvalue weighted by molar-refractivity contribution is -0.141. The van der Waals surface area contributed by atoms with Crippen molar-refractivity contribution in [2.45, 2.75) is 19.6 Å². The molecule has 0 aliphatic heterocycles. The van der Waals surface area contributed by atoms with Crippen LogP contribution >= 0.6 is 11.6 Å². The summed E-state index contributed by atoms with van der Waals surface area (Å²) in [6.07, 6.45) is -1.22. The van der Waals surface area contributed by atoms with E-state index in [-0.39, 0.29) is 11.7 Å². The van der Waals surface area contributed by atoms with Crippen LogP contribution in [0.4, 0.5) is 13.2 Å². The number of aromatic nitrogens is 3. The molecule has 0 bridgehead atoms. The van der Waals surface area contributed by atoms with Gasteiger partial charge in [0.2, 0.25) is 0 Å². The van der Waals surface area contributed by atoms with Gasteiger partial charge < -0.3 is 4.57 Å². The molecule has 2 aromatic rings. The summed E-state index contributed by atoms with van der Waals surface area (Å²) in [5.41, 5.74) is -0.550. The summed E-state index contributed by atoms with van der Waals surface area (Å²) < 4.78 is 39.4. The monoisotopic (exact) mass is 275 g/mol. The van der Waals surface area contributed by atoms with Gasteiger partial charge in [0.05, 0.1) is 0 Å². The van der Waals surface area contributed by atoms with Gasteiger partial charge in [-0.05, 0) is 24.6 Å². The van der Waals surface area contributed by atoms with E-state index in [1.165, 1.54) is 6.07 Å². The van der Waals surface area contributed by atoms with Crippen molar-refractivity contribution in [3.63, 3.8) is 0 Å². The van der Waals surface area contributed by atoms with Crippen LogP contribution in [0.5, 0.6) is 0 Å². The van der Waals surface area contributed by atoms with Crippen molar-refractivity contribution in [1.29, 1.82) is 0 Å². The molecule has 0 saturated carbocycles. The predicted octanol–water partition coefficient (Wildman–Crippen LogP) is 3.31. The second-order valence-electron chi connectivity index (χ2n) is 3.78. The van der Waals surface area contributed by atoms with E-state index < -0.39 is 11.9 Å². The largest absolute Gasteiger partial charge is 0.433 e. The van der Waals surface area contributed by atoms with Crippen LogP contribution in [0.25, 0.3) is 0 Å². The lowest BCUT2D eigenvalue weighted by atomic mass is 10.2. The Balaban J connectivity index is 2.35. The minimum Gasteiger partial charge on any atom is -0.331 e. The molecule has 0 aliphatic rings. The summed E-state index contributed by atoms with van der Waals surface area (Å²) in [6.45, 7) is 2.05. The van der Waals surface area contributed by atoms with E-state index in [1.54, 1.807) is 23.9 Å². The van der Waals surface area contributed by atoms with Crippen LogP contribution in [0.15, 0.2) is 24.5 Å². The van der Waals surface area contributed by atoms with Gasteiger partial charge in [0.25, 0.3) is 0 Å². The third-order valence-corrected chi connectivity index (χ3v) is 2.61. The molecule has 3 nitrogen and oxygen atoms in total. The van der Waals surface area contributed by atoms with Crippen LogP contribution in [0.1, 0.15) is 17.1 Å². The molecule has 18 heavy (non-hydrogen) atoms. The molecule has 0 fully saturated rings. The first-order valence-corrected chi connectivity index (χ1v) is 5.45. The zero-order chi connectivity index (χ0) is 13.3. The number of hydrogen-bond acceptors (Lipinski definition) is 2. The molecule has 0 saturated heterocycles. The van der Waals surface area contributed by atoms with E-state index in [9.17, 15) is 13.2 Å². The number of rotatable bonds is 2. The maximum atomic E-state index is 12.6. The summed E-state index contributed by atoms with van der Waals surface area (Å²) in [5, 5.41) is -0.169. The predicted molar refractivity (Wildman–Crippen MR) is 60.3 cm³/mol. The Labute approximate surface area is 106 Å². The van der Waals surface area contributed by atoms with Gasteiger partial charge in [0, 0.05) is 18.9 Å². The second kappa shape index (κ2) is 4.61. The van der Waals surface area contributed by atoms with Gasteiger partial charge in [-0.25, -0.2) is 9.97 Å². The number of alkyl halides is 3. The van der Waals surface area contributed by atoms with Crippen LogP contribution in [-0.4, -0.2) is 14.5 Å². The Morgan fingerprint density at radius 1 is 1.33 bits per heavy atom. The molecule has 2 aromatic heterocycles. The first-order chi connectivity index (χ1) is 8.36. The molecule has 0 aliphatic carbocycles. The molecule has 7 heteroatoms. The summed E-state index contributed by atoms with van der Waals surface area (Å²) in [6, 6.07) is 2.40. The maximum Gasteiger partial charge on any atom is 0.433 e. The number of halogens is 4. The maximum absolute atomic E-state index is 12.6. The number of pyridine rings is 1. The van der Waals surface area contributed by atoms with Gasteiger partial charge in [0.15, 0.2) is 0 Å². The number of aryl methyl sites for hydroxylation is 1. The number of imidazole rings is 1. The Morgan fingerprint density at radius 3 is 2.61 bits per heavy atom. The third-order valence-electron chi connectivity index (χ3n) is 2.42. The van der Waals surface area contributed by atoms with Crippen LogP contribution in [-0.2, 0) is 12.7 Å². The van der Waals surface area contributed by atoms with Crippen LogP contribution in [0, 0.1) is 6.92 Å². The Hall–Kier alpha value is -1.56. The normalized spacial score (nSPS) is 11.8. The lowest BCUT2D eigenvalue weighted by Crippen LogP contribution is -2.10. The zero-order valence-electron chi connectivity index (χ0n) is 9.37. The van der Waals surface area contributed by atoms with Gasteiger partial charge in [-0.1, -0.05) is 11.6 Å². The molecule has 0 N–H and O–H groups in total. The average molecular weight is 276 g/mol. The van der Waals surface area contributed by atoms with Crippen molar-refractivity contribution in [3.8, 4) is 0 Å². The van der Waals surface area contributed by atoms with Crippen molar-refractivity contribution in [3.05, 3.63) is 46.8 Å². The van der Waals surface area contributed by atoms with Crippen LogP contribution < -0.4 is 0 Å². The summed E-state index contributed by atoms with van der Waals surface area (Å²) >= 11 is 5.60. The molecule has 0 spiro atoms. The summed E-state index contributed by atoms with van der Waals surface area (Å²) in [4.78, 5) is 7.27. The van der Waals surface area contributed by atoms with Gasteiger partial charge in [-0.3, -0.25) is 0 Å². The highest BCUT2D eigenvalue weighted by Crippen LogP contribution is 2.29. The minimum atomic E-state index is -4.50. The number of nitrogens with zero attached hydrogens (tertiary/aromatic N) is 3. The van der Waals surface area contributed by atoms with E-state index in [0.717, 1.165) is 11.9 Å². The van der Waals surface area contributed by atoms with Gasteiger partial charge in [0.1, 0.15) is 16.7 Å². The van der Waals surface area contributed by atoms with Crippen molar-refractivity contribution in [1.82, 2.24) is 14.5 Å². The SMILES string of the molecule is Cc1nccn1Cc1cc(Cl)nc(C(F)(F)F)c1. The fraction of sp³-hybridized carbons (Fsp3) is 0.273. The molecule has 96 valence electrons. The molecule has 0 radical (unpaired) electrons. The fourth-order valence-corrected chi connectivity index (χ4v) is 1.79. The lowest BCUT2D eigenvalue weighted by Gasteiger charge is -2.10. The molecule has 0 atom stereocenters. The number of hydrogen-bond donors (Lipinski definition) is 0. The fourth-order valence-electron chi connectivity index (χ4n) is 1.55. The van der Waals surface area contributed by atoms with E-state index in [0.29, 0.717) is 5.56 Å². The van der Waals surface area contributed by atoms with E-state index in [4.69, 9.17) is 11.6 Å². The van der Waals surface area contributed by atoms with E-state index in [2.05, 4.69) is 9.97 Å². The van der Waals surface area contributed by atoms with Crippen LogP contribution in [0.3, 0.4) is 0 Å². The Bertz CT molecular complexity index is 563. The molecular weight excluding hydrogens is 267 g/mol. The van der Waals surface area contributed by atoms with Crippen molar-refractivity contribution in [2.24, 2.45) is 0 Å². The standard InChI is InChI=1S/C11H9ClF3N3/c1-7-16-2-3-18(7)6-8-4-9(11(13,14)15)17-10(12)5-8/h2-5H,6H2,1H3. The van der Waals surface area contributed by atoms with Crippen LogP contribution in [0.2, 0.25) is 5.15 Å². The molecule has 0 aromatic carbocycles. The topological polar surface area (TPSA) is 30.7 Å². The first kappa shape index (κ1) is 12.9. The molecule has 2 rings (SSSR count). The van der Waals surface area contributed by atoms with E-state index in [1.807, 2.05) is 0 Å². The highest BCUT2D eigenvalue weighted by Gasteiger charge is 2.33. The highest BCUT2D eigenvalue weighted by atomic mass is 35.5. The minimum absolute atomic E-state index is 0.169. The third kappa shape index (κ3) is 2.81. The smallest absolute Gasteiger partial charge is 0.331 e. The average Bonchev–Trinajstić information content (AvgIpc) is 2.62. The summed E-state index contributed by atoms with van der Waals surface area (Å²) in [7, 11) is 0.